The summed E-state index contributed by atoms with van der Waals surface area (Å²) in [6.07, 6.45) is -4.90. The van der Waals surface area contributed by atoms with E-state index in [1.807, 2.05) is 0 Å². The van der Waals surface area contributed by atoms with Gasteiger partial charge in [-0.25, -0.2) is 13.2 Å². The van der Waals surface area contributed by atoms with Gasteiger partial charge in [-0.1, -0.05) is 15.9 Å². The molecular weight excluding hydrogens is 431 g/mol. The van der Waals surface area contributed by atoms with E-state index in [-0.39, 0.29) is 16.1 Å². The second-order valence-electron chi connectivity index (χ2n) is 4.62. The minimum absolute atomic E-state index is 0.189. The van der Waals surface area contributed by atoms with Gasteiger partial charge in [0.2, 0.25) is 0 Å². The molecular formula is C14H9BrF3NO5S. The number of rotatable bonds is 5. The molecule has 0 fully saturated rings. The van der Waals surface area contributed by atoms with E-state index in [9.17, 15) is 26.4 Å². The lowest BCUT2D eigenvalue weighted by atomic mass is 10.2. The fourth-order valence-electron chi connectivity index (χ4n) is 1.81. The molecule has 134 valence electrons. The van der Waals surface area contributed by atoms with Crippen molar-refractivity contribution in [2.75, 3.05) is 4.72 Å². The number of nitrogens with one attached hydrogen (secondary N) is 1. The van der Waals surface area contributed by atoms with Crippen LogP contribution in [0.3, 0.4) is 0 Å². The number of alkyl halides is 3. The van der Waals surface area contributed by atoms with Crippen LogP contribution in [-0.4, -0.2) is 25.9 Å². The van der Waals surface area contributed by atoms with Gasteiger partial charge in [-0.15, -0.1) is 13.2 Å². The predicted molar refractivity (Wildman–Crippen MR) is 85.0 cm³/mol. The first-order valence-corrected chi connectivity index (χ1v) is 8.67. The van der Waals surface area contributed by atoms with Crippen LogP contribution in [0.4, 0.5) is 18.9 Å². The SMILES string of the molecule is O=C(O)c1cc(Br)ccc1NS(=O)(=O)c1ccc(OC(F)(F)F)cc1. The maximum absolute atomic E-state index is 12.3. The molecule has 0 aliphatic rings. The summed E-state index contributed by atoms with van der Waals surface area (Å²) in [5, 5.41) is 9.12. The van der Waals surface area contributed by atoms with Crippen molar-refractivity contribution in [1.29, 1.82) is 0 Å². The molecule has 0 amide bonds. The maximum Gasteiger partial charge on any atom is 0.573 e. The van der Waals surface area contributed by atoms with Gasteiger partial charge in [0.15, 0.2) is 0 Å². The van der Waals surface area contributed by atoms with Crippen LogP contribution in [0.25, 0.3) is 0 Å². The van der Waals surface area contributed by atoms with Crippen molar-refractivity contribution in [3.05, 3.63) is 52.5 Å². The monoisotopic (exact) mass is 439 g/mol. The molecule has 0 saturated carbocycles. The molecule has 2 rings (SSSR count). The van der Waals surface area contributed by atoms with Gasteiger partial charge in [-0.2, -0.15) is 0 Å². The van der Waals surface area contributed by atoms with Crippen molar-refractivity contribution in [2.45, 2.75) is 11.3 Å². The fourth-order valence-corrected chi connectivity index (χ4v) is 3.25. The summed E-state index contributed by atoms with van der Waals surface area (Å²) in [6, 6.07) is 7.37. The van der Waals surface area contributed by atoms with E-state index >= 15 is 0 Å². The van der Waals surface area contributed by atoms with E-state index in [1.165, 1.54) is 18.2 Å². The highest BCUT2D eigenvalue weighted by atomic mass is 79.9. The van der Waals surface area contributed by atoms with Gasteiger partial charge < -0.3 is 9.84 Å². The largest absolute Gasteiger partial charge is 0.573 e. The summed E-state index contributed by atoms with van der Waals surface area (Å²) in [5.74, 6) is -1.94. The quantitative estimate of drug-likeness (QED) is 0.737. The summed E-state index contributed by atoms with van der Waals surface area (Å²) in [5.41, 5.74) is -0.485. The Morgan fingerprint density at radius 2 is 1.72 bits per heavy atom. The van der Waals surface area contributed by atoms with Crippen molar-refractivity contribution in [3.63, 3.8) is 0 Å². The minimum atomic E-state index is -4.90. The number of halogens is 4. The highest BCUT2D eigenvalue weighted by molar-refractivity contribution is 9.10. The normalized spacial score (nSPS) is 11.8. The molecule has 6 nitrogen and oxygen atoms in total. The molecule has 0 spiro atoms. The molecule has 0 aliphatic heterocycles. The summed E-state index contributed by atoms with van der Waals surface area (Å²) >= 11 is 3.07. The lowest BCUT2D eigenvalue weighted by Crippen LogP contribution is -2.18. The van der Waals surface area contributed by atoms with Crippen LogP contribution in [-0.2, 0) is 10.0 Å². The molecule has 0 unspecified atom stereocenters. The maximum atomic E-state index is 12.3. The van der Waals surface area contributed by atoms with Gasteiger partial charge in [0.1, 0.15) is 5.75 Å². The van der Waals surface area contributed by atoms with E-state index in [2.05, 4.69) is 25.4 Å². The van der Waals surface area contributed by atoms with Gasteiger partial charge in [-0.05, 0) is 42.5 Å². The Bertz CT molecular complexity index is 898. The van der Waals surface area contributed by atoms with Crippen LogP contribution >= 0.6 is 15.9 Å². The van der Waals surface area contributed by atoms with Crippen LogP contribution in [0.15, 0.2) is 51.8 Å². The fraction of sp³-hybridized carbons (Fsp3) is 0.0714. The Balaban J connectivity index is 2.30. The minimum Gasteiger partial charge on any atom is -0.478 e. The van der Waals surface area contributed by atoms with Crippen LogP contribution in [0.5, 0.6) is 5.75 Å². The number of hydrogen-bond donors (Lipinski definition) is 2. The standard InChI is InChI=1S/C14H9BrF3NO5S/c15-8-1-6-12(11(7-8)13(20)21)19-25(22,23)10-4-2-9(3-5-10)24-14(16,17)18/h1-7,19H,(H,20,21). The van der Waals surface area contributed by atoms with E-state index in [4.69, 9.17) is 5.11 Å². The van der Waals surface area contributed by atoms with Gasteiger partial charge in [0, 0.05) is 4.47 Å². The smallest absolute Gasteiger partial charge is 0.478 e. The molecule has 0 radical (unpaired) electrons. The second-order valence-corrected chi connectivity index (χ2v) is 7.22. The Morgan fingerprint density at radius 3 is 2.24 bits per heavy atom. The number of aromatic carboxylic acids is 1. The molecule has 0 heterocycles. The zero-order chi connectivity index (χ0) is 18.8. The van der Waals surface area contributed by atoms with Crippen LogP contribution in [0.2, 0.25) is 0 Å². The topological polar surface area (TPSA) is 92.7 Å². The molecule has 2 N–H and O–H groups in total. The first kappa shape index (κ1) is 19.1. The lowest BCUT2D eigenvalue weighted by Gasteiger charge is -2.12. The summed E-state index contributed by atoms with van der Waals surface area (Å²) in [6.45, 7) is 0. The molecule has 25 heavy (non-hydrogen) atoms. The number of carboxylic acid groups (broad SMARTS) is 1. The molecule has 2 aromatic carbocycles. The van der Waals surface area contributed by atoms with Gasteiger partial charge in [-0.3, -0.25) is 4.72 Å². The van der Waals surface area contributed by atoms with Crippen LogP contribution < -0.4 is 9.46 Å². The predicted octanol–water partition coefficient (Wildman–Crippen LogP) is 3.85. The first-order valence-electron chi connectivity index (χ1n) is 6.39. The number of carboxylic acids is 1. The average Bonchev–Trinajstić information content (AvgIpc) is 2.47. The number of ether oxygens (including phenoxy) is 1. The van der Waals surface area contributed by atoms with E-state index < -0.39 is 28.1 Å². The Hall–Kier alpha value is -2.27. The summed E-state index contributed by atoms with van der Waals surface area (Å²) in [4.78, 5) is 10.8. The number of carbonyl (C=O) groups is 1. The molecule has 11 heteroatoms. The van der Waals surface area contributed by atoms with Crippen molar-refractivity contribution in [3.8, 4) is 5.75 Å². The third-order valence-electron chi connectivity index (χ3n) is 2.82. The highest BCUT2D eigenvalue weighted by Crippen LogP contribution is 2.26. The van der Waals surface area contributed by atoms with E-state index in [0.29, 0.717) is 4.47 Å². The highest BCUT2D eigenvalue weighted by Gasteiger charge is 2.31. The van der Waals surface area contributed by atoms with E-state index in [0.717, 1.165) is 24.3 Å². The van der Waals surface area contributed by atoms with E-state index in [1.54, 1.807) is 0 Å². The molecule has 2 aromatic rings. The Labute approximate surface area is 148 Å². The zero-order valence-corrected chi connectivity index (χ0v) is 14.4. The molecule has 0 bridgehead atoms. The van der Waals surface area contributed by atoms with Crippen LogP contribution in [0, 0.1) is 0 Å². The van der Waals surface area contributed by atoms with Gasteiger partial charge >= 0.3 is 12.3 Å². The molecule has 0 saturated heterocycles. The first-order chi connectivity index (χ1) is 11.5. The number of benzene rings is 2. The van der Waals surface area contributed by atoms with Crippen molar-refractivity contribution >= 4 is 37.6 Å². The number of sulfonamides is 1. The third-order valence-corrected chi connectivity index (χ3v) is 4.70. The summed E-state index contributed by atoms with van der Waals surface area (Å²) < 4.78 is 67.0. The molecule has 0 aliphatic carbocycles. The summed E-state index contributed by atoms with van der Waals surface area (Å²) in [7, 11) is -4.21. The lowest BCUT2D eigenvalue weighted by molar-refractivity contribution is -0.274. The van der Waals surface area contributed by atoms with Crippen molar-refractivity contribution in [2.24, 2.45) is 0 Å². The third kappa shape index (κ3) is 5.10. The Morgan fingerprint density at radius 1 is 1.12 bits per heavy atom. The average molecular weight is 440 g/mol. The number of anilines is 1. The Kier molecular flexibility index (Phi) is 5.28. The zero-order valence-electron chi connectivity index (χ0n) is 12.0. The van der Waals surface area contributed by atoms with Crippen LogP contribution in [0.1, 0.15) is 10.4 Å². The second kappa shape index (κ2) is 6.92. The van der Waals surface area contributed by atoms with Crippen molar-refractivity contribution < 1.29 is 36.2 Å². The number of hydrogen-bond acceptors (Lipinski definition) is 4. The molecule has 0 aromatic heterocycles. The van der Waals surface area contributed by atoms with Gasteiger partial charge in [0.25, 0.3) is 10.0 Å². The van der Waals surface area contributed by atoms with Gasteiger partial charge in [0.05, 0.1) is 16.1 Å². The molecule has 0 atom stereocenters. The van der Waals surface area contributed by atoms with Crippen molar-refractivity contribution in [1.82, 2.24) is 0 Å².